The number of hydrogen-bond donors (Lipinski definition) is 1. The normalized spacial score (nSPS) is 27.8. The molecule has 0 saturated carbocycles. The van der Waals surface area contributed by atoms with Crippen molar-refractivity contribution >= 4 is 0 Å². The van der Waals surface area contributed by atoms with Crippen LogP contribution >= 0.6 is 0 Å². The van der Waals surface area contributed by atoms with E-state index in [2.05, 4.69) is 41.5 Å². The largest absolute Gasteiger partial charge is 0.508 e. The smallest absolute Gasteiger partial charge is 0.233 e. The van der Waals surface area contributed by atoms with E-state index in [0.29, 0.717) is 5.75 Å². The van der Waals surface area contributed by atoms with Crippen molar-refractivity contribution in [3.8, 4) is 11.5 Å². The Morgan fingerprint density at radius 3 is 2.00 bits per heavy atom. The highest BCUT2D eigenvalue weighted by atomic mass is 16.9. The van der Waals surface area contributed by atoms with E-state index in [1.165, 1.54) is 0 Å². The fourth-order valence-electron chi connectivity index (χ4n) is 2.60. The number of fused-ring (bicyclic) bond motifs is 1. The van der Waals surface area contributed by atoms with Gasteiger partial charge in [-0.2, -0.15) is 0 Å². The van der Waals surface area contributed by atoms with Crippen LogP contribution in [0.1, 0.15) is 52.7 Å². The van der Waals surface area contributed by atoms with Gasteiger partial charge >= 0.3 is 0 Å². The average molecular weight is 292 g/mol. The van der Waals surface area contributed by atoms with E-state index in [0.717, 1.165) is 16.9 Å². The minimum Gasteiger partial charge on any atom is -0.508 e. The van der Waals surface area contributed by atoms with E-state index in [-0.39, 0.29) is 29.5 Å². The molecule has 0 spiro atoms. The molecule has 2 heterocycles. The van der Waals surface area contributed by atoms with Crippen molar-refractivity contribution in [2.45, 2.75) is 71.1 Å². The summed E-state index contributed by atoms with van der Waals surface area (Å²) in [6.45, 7) is 12.5. The van der Waals surface area contributed by atoms with Crippen molar-refractivity contribution in [1.82, 2.24) is 0 Å². The predicted octanol–water partition coefficient (Wildman–Crippen LogP) is 3.45. The van der Waals surface area contributed by atoms with Gasteiger partial charge in [-0.1, -0.05) is 41.5 Å². The van der Waals surface area contributed by atoms with Crippen LogP contribution in [0.3, 0.4) is 0 Å². The van der Waals surface area contributed by atoms with E-state index in [1.54, 1.807) is 0 Å². The zero-order valence-electron chi connectivity index (χ0n) is 13.6. The molecule has 2 aliphatic heterocycles. The van der Waals surface area contributed by atoms with Crippen LogP contribution in [-0.4, -0.2) is 23.8 Å². The van der Waals surface area contributed by atoms with Crippen LogP contribution in [0.4, 0.5) is 0 Å². The first-order valence-electron chi connectivity index (χ1n) is 7.43. The summed E-state index contributed by atoms with van der Waals surface area (Å²) in [4.78, 5) is 0. The summed E-state index contributed by atoms with van der Waals surface area (Å²) in [6.07, 6.45) is -0.314. The molecule has 0 amide bonds. The van der Waals surface area contributed by atoms with Gasteiger partial charge in [-0.05, 0) is 23.0 Å². The van der Waals surface area contributed by atoms with Crippen molar-refractivity contribution in [2.24, 2.45) is 0 Å². The third-order valence-electron chi connectivity index (χ3n) is 3.98. The molecule has 2 fully saturated rings. The lowest BCUT2D eigenvalue weighted by Gasteiger charge is -2.30. The Bertz CT molecular complexity index is 565. The van der Waals surface area contributed by atoms with Gasteiger partial charge in [0.05, 0.1) is 0 Å². The number of rotatable bonds is 2. The molecule has 21 heavy (non-hydrogen) atoms. The molecule has 2 saturated heterocycles. The summed E-state index contributed by atoms with van der Waals surface area (Å²) in [5, 5.41) is 10.4. The fraction of sp³-hybridized carbons (Fsp3) is 0.647. The highest BCUT2D eigenvalue weighted by molar-refractivity contribution is 5.51. The van der Waals surface area contributed by atoms with Crippen LogP contribution in [0, 0.1) is 0 Å². The molecule has 1 aromatic carbocycles. The Morgan fingerprint density at radius 2 is 1.57 bits per heavy atom. The van der Waals surface area contributed by atoms with Gasteiger partial charge < -0.3 is 19.3 Å². The van der Waals surface area contributed by atoms with E-state index in [4.69, 9.17) is 14.2 Å². The van der Waals surface area contributed by atoms with Crippen LogP contribution in [-0.2, 0) is 20.3 Å². The molecule has 0 aromatic heterocycles. The number of phenolic OH excluding ortho intramolecular Hbond substituents is 1. The Kier molecular flexibility index (Phi) is 3.05. The monoisotopic (exact) mass is 292 g/mol. The molecule has 3 unspecified atom stereocenters. The van der Waals surface area contributed by atoms with Crippen molar-refractivity contribution < 1.29 is 19.3 Å². The van der Waals surface area contributed by atoms with Gasteiger partial charge in [0.25, 0.3) is 0 Å². The van der Waals surface area contributed by atoms with Gasteiger partial charge in [0.1, 0.15) is 11.5 Å². The molecule has 3 rings (SSSR count). The Hall–Kier alpha value is -1.26. The fourth-order valence-corrected chi connectivity index (χ4v) is 2.60. The lowest BCUT2D eigenvalue weighted by atomic mass is 9.81. The summed E-state index contributed by atoms with van der Waals surface area (Å²) in [5.41, 5.74) is 1.56. The Balaban J connectivity index is 2.00. The number of benzene rings is 1. The van der Waals surface area contributed by atoms with Crippen LogP contribution in [0.15, 0.2) is 12.1 Å². The molecule has 4 heteroatoms. The first kappa shape index (κ1) is 14.7. The topological polar surface area (TPSA) is 51.2 Å². The number of epoxide rings is 1. The summed E-state index contributed by atoms with van der Waals surface area (Å²) in [5.74, 6) is 1.08. The molecule has 1 aromatic rings. The Labute approximate surface area is 126 Å². The van der Waals surface area contributed by atoms with E-state index in [9.17, 15) is 5.11 Å². The van der Waals surface area contributed by atoms with Gasteiger partial charge in [0, 0.05) is 11.1 Å². The summed E-state index contributed by atoms with van der Waals surface area (Å²) in [7, 11) is 0. The third kappa shape index (κ3) is 2.62. The quantitative estimate of drug-likeness (QED) is 0.848. The van der Waals surface area contributed by atoms with Crippen molar-refractivity contribution in [3.63, 3.8) is 0 Å². The van der Waals surface area contributed by atoms with Crippen molar-refractivity contribution in [1.29, 1.82) is 0 Å². The van der Waals surface area contributed by atoms with E-state index >= 15 is 0 Å². The SMILES string of the molecule is CC(C)(C)c1cc(OC2OC3OC23)c(C(C)(C)C)cc1O. The van der Waals surface area contributed by atoms with Gasteiger partial charge in [0.2, 0.25) is 6.29 Å². The van der Waals surface area contributed by atoms with Crippen molar-refractivity contribution in [3.05, 3.63) is 23.3 Å². The predicted molar refractivity (Wildman–Crippen MR) is 79.7 cm³/mol. The zero-order chi connectivity index (χ0) is 15.6. The Morgan fingerprint density at radius 1 is 0.952 bits per heavy atom. The molecule has 0 radical (unpaired) electrons. The minimum absolute atomic E-state index is 0.0627. The summed E-state index contributed by atoms with van der Waals surface area (Å²) < 4.78 is 16.7. The number of aromatic hydroxyl groups is 1. The van der Waals surface area contributed by atoms with Gasteiger partial charge in [-0.15, -0.1) is 0 Å². The lowest BCUT2D eigenvalue weighted by Crippen LogP contribution is -2.39. The molecule has 3 atom stereocenters. The second-order valence-corrected chi connectivity index (χ2v) is 7.96. The second-order valence-electron chi connectivity index (χ2n) is 7.96. The maximum Gasteiger partial charge on any atom is 0.233 e. The lowest BCUT2D eigenvalue weighted by molar-refractivity contribution is -0.152. The molecule has 0 bridgehead atoms. The number of ether oxygens (including phenoxy) is 3. The van der Waals surface area contributed by atoms with Gasteiger partial charge in [0.15, 0.2) is 12.4 Å². The highest BCUT2D eigenvalue weighted by Gasteiger charge is 2.60. The summed E-state index contributed by atoms with van der Waals surface area (Å²) in [6, 6.07) is 3.76. The van der Waals surface area contributed by atoms with Gasteiger partial charge in [-0.3, -0.25) is 0 Å². The molecule has 4 nitrogen and oxygen atoms in total. The summed E-state index contributed by atoms with van der Waals surface area (Å²) >= 11 is 0. The maximum atomic E-state index is 10.4. The van der Waals surface area contributed by atoms with Crippen LogP contribution < -0.4 is 4.74 Å². The standard InChI is InChI=1S/C17H24O4/c1-16(2,3)9-8-12(19-14-13-15(20-13)21-14)10(7-11(9)18)17(4,5)6/h7-8,13-15,18H,1-6H3. The number of hydrogen-bond acceptors (Lipinski definition) is 4. The average Bonchev–Trinajstić information content (AvgIpc) is 2.95. The molecule has 116 valence electrons. The minimum atomic E-state index is -0.325. The first-order valence-corrected chi connectivity index (χ1v) is 7.43. The zero-order valence-corrected chi connectivity index (χ0v) is 13.6. The van der Waals surface area contributed by atoms with Crippen LogP contribution in [0.2, 0.25) is 0 Å². The second kappa shape index (κ2) is 4.37. The van der Waals surface area contributed by atoms with Crippen molar-refractivity contribution in [2.75, 3.05) is 0 Å². The maximum absolute atomic E-state index is 10.4. The molecule has 0 aliphatic carbocycles. The number of phenols is 1. The molecule has 1 N–H and O–H groups in total. The first-order chi connectivity index (χ1) is 9.57. The molecular formula is C17H24O4. The van der Waals surface area contributed by atoms with Crippen LogP contribution in [0.5, 0.6) is 11.5 Å². The third-order valence-corrected chi connectivity index (χ3v) is 3.98. The highest BCUT2D eigenvalue weighted by Crippen LogP contribution is 2.45. The molecule has 2 aliphatic rings. The van der Waals surface area contributed by atoms with E-state index in [1.807, 2.05) is 12.1 Å². The van der Waals surface area contributed by atoms with E-state index < -0.39 is 0 Å². The molecular weight excluding hydrogens is 268 g/mol. The van der Waals surface area contributed by atoms with Gasteiger partial charge in [-0.25, -0.2) is 0 Å². The van der Waals surface area contributed by atoms with Crippen LogP contribution in [0.25, 0.3) is 0 Å².